The third-order valence-electron chi connectivity index (χ3n) is 2.30. The lowest BCUT2D eigenvalue weighted by molar-refractivity contribution is 0.173. The van der Waals surface area contributed by atoms with Gasteiger partial charge in [0.1, 0.15) is 5.75 Å². The lowest BCUT2D eigenvalue weighted by Crippen LogP contribution is -2.37. The first-order valence-corrected chi connectivity index (χ1v) is 6.23. The Kier molecular flexibility index (Phi) is 5.22. The number of nitrogens with one attached hydrogen (secondary N) is 1. The molecule has 0 fully saturated rings. The van der Waals surface area contributed by atoms with Crippen molar-refractivity contribution in [1.29, 1.82) is 0 Å². The summed E-state index contributed by atoms with van der Waals surface area (Å²) >= 11 is 5.84. The molecule has 0 aliphatic carbocycles. The quantitative estimate of drug-likeness (QED) is 0.849. The molecule has 0 spiro atoms. The zero-order chi connectivity index (χ0) is 12.9. The minimum atomic E-state index is 0.0760. The molecule has 0 aliphatic heterocycles. The van der Waals surface area contributed by atoms with Gasteiger partial charge in [-0.15, -0.1) is 0 Å². The highest BCUT2D eigenvalue weighted by Gasteiger charge is 2.19. The normalized spacial score (nSPS) is 11.9. The van der Waals surface area contributed by atoms with Crippen LogP contribution in [0.25, 0.3) is 0 Å². The maximum atomic E-state index is 5.84. The summed E-state index contributed by atoms with van der Waals surface area (Å²) in [6.45, 7) is 10.2. The second-order valence-corrected chi connectivity index (χ2v) is 5.76. The van der Waals surface area contributed by atoms with Crippen LogP contribution in [0, 0.1) is 5.41 Å². The number of ether oxygens (including phenoxy) is 1. The van der Waals surface area contributed by atoms with E-state index in [0.717, 1.165) is 12.3 Å². The Balaban J connectivity index is 2.43. The second kappa shape index (κ2) is 6.22. The Morgan fingerprint density at radius 1 is 1.41 bits per heavy atom. The predicted molar refractivity (Wildman–Crippen MR) is 71.7 cm³/mol. The van der Waals surface area contributed by atoms with Gasteiger partial charge < -0.3 is 10.1 Å². The van der Waals surface area contributed by atoms with Crippen molar-refractivity contribution in [3.8, 4) is 5.75 Å². The number of halogens is 1. The Bertz CT molecular complexity index is 353. The van der Waals surface area contributed by atoms with Gasteiger partial charge >= 0.3 is 0 Å². The molecule has 0 atom stereocenters. The molecule has 0 bridgehead atoms. The summed E-state index contributed by atoms with van der Waals surface area (Å²) in [5, 5.41) is 4.01. The van der Waals surface area contributed by atoms with Crippen LogP contribution in [0.4, 0.5) is 0 Å². The number of pyridine rings is 1. The van der Waals surface area contributed by atoms with Gasteiger partial charge in [0.2, 0.25) is 0 Å². The van der Waals surface area contributed by atoms with Crippen molar-refractivity contribution in [2.45, 2.75) is 33.7 Å². The molecule has 1 aromatic rings. The van der Waals surface area contributed by atoms with Crippen molar-refractivity contribution in [2.75, 3.05) is 13.2 Å². The van der Waals surface area contributed by atoms with E-state index in [9.17, 15) is 0 Å². The van der Waals surface area contributed by atoms with E-state index in [2.05, 4.69) is 38.0 Å². The van der Waals surface area contributed by atoms with Crippen LogP contribution < -0.4 is 10.1 Å². The van der Waals surface area contributed by atoms with Gasteiger partial charge in [-0.05, 0) is 0 Å². The lowest BCUT2D eigenvalue weighted by Gasteiger charge is -2.26. The Morgan fingerprint density at radius 3 is 2.71 bits per heavy atom. The van der Waals surface area contributed by atoms with Crippen LogP contribution in [-0.2, 0) is 0 Å². The fourth-order valence-electron chi connectivity index (χ4n) is 1.28. The van der Waals surface area contributed by atoms with Gasteiger partial charge in [0.25, 0.3) is 0 Å². The largest absolute Gasteiger partial charge is 0.491 e. The summed E-state index contributed by atoms with van der Waals surface area (Å²) in [6, 6.07) is 2.27. The summed E-state index contributed by atoms with van der Waals surface area (Å²) in [7, 11) is 0. The number of rotatable bonds is 6. The highest BCUT2D eigenvalue weighted by atomic mass is 35.5. The Hall–Kier alpha value is -0.800. The highest BCUT2D eigenvalue weighted by Crippen LogP contribution is 2.19. The van der Waals surface area contributed by atoms with Crippen molar-refractivity contribution < 1.29 is 4.74 Å². The first-order valence-electron chi connectivity index (χ1n) is 5.86. The predicted octanol–water partition coefficient (Wildman–Crippen LogP) is 3.14. The highest BCUT2D eigenvalue weighted by molar-refractivity contribution is 6.30. The van der Waals surface area contributed by atoms with Crippen LogP contribution in [0.15, 0.2) is 18.5 Å². The van der Waals surface area contributed by atoms with E-state index < -0.39 is 0 Å². The first kappa shape index (κ1) is 14.3. The average Bonchev–Trinajstić information content (AvgIpc) is 2.24. The fraction of sp³-hybridized carbons (Fsp3) is 0.615. The minimum Gasteiger partial charge on any atom is -0.491 e. The van der Waals surface area contributed by atoms with Crippen molar-refractivity contribution in [3.63, 3.8) is 0 Å². The number of aromatic nitrogens is 1. The maximum Gasteiger partial charge on any atom is 0.139 e. The SMILES string of the molecule is CC(C)NCC(C)(C)COc1cncc(Cl)c1. The third kappa shape index (κ3) is 5.89. The molecule has 0 saturated heterocycles. The molecule has 17 heavy (non-hydrogen) atoms. The van der Waals surface area contributed by atoms with Crippen LogP contribution >= 0.6 is 11.6 Å². The smallest absolute Gasteiger partial charge is 0.139 e. The molecule has 0 radical (unpaired) electrons. The molecule has 1 rings (SSSR count). The van der Waals surface area contributed by atoms with E-state index >= 15 is 0 Å². The molecule has 96 valence electrons. The van der Waals surface area contributed by atoms with Crippen LogP contribution in [0.1, 0.15) is 27.7 Å². The number of hydrogen-bond donors (Lipinski definition) is 1. The molecule has 0 amide bonds. The van der Waals surface area contributed by atoms with Crippen LogP contribution in [-0.4, -0.2) is 24.2 Å². The minimum absolute atomic E-state index is 0.0760. The molecule has 3 nitrogen and oxygen atoms in total. The van der Waals surface area contributed by atoms with Gasteiger partial charge in [0.15, 0.2) is 0 Å². The lowest BCUT2D eigenvalue weighted by atomic mass is 9.94. The monoisotopic (exact) mass is 256 g/mol. The van der Waals surface area contributed by atoms with Crippen LogP contribution in [0.5, 0.6) is 5.75 Å². The Labute approximate surface area is 109 Å². The van der Waals surface area contributed by atoms with Crippen molar-refractivity contribution >= 4 is 11.6 Å². The summed E-state index contributed by atoms with van der Waals surface area (Å²) in [5.41, 5.74) is 0.0760. The molecule has 1 N–H and O–H groups in total. The molecule has 4 heteroatoms. The van der Waals surface area contributed by atoms with Crippen molar-refractivity contribution in [3.05, 3.63) is 23.5 Å². The van der Waals surface area contributed by atoms with E-state index in [-0.39, 0.29) is 5.41 Å². The molecule has 0 unspecified atom stereocenters. The van der Waals surface area contributed by atoms with E-state index in [4.69, 9.17) is 16.3 Å². The molecule has 0 saturated carbocycles. The molecule has 0 aromatic carbocycles. The van der Waals surface area contributed by atoms with Gasteiger partial charge in [0, 0.05) is 30.3 Å². The maximum absolute atomic E-state index is 5.84. The van der Waals surface area contributed by atoms with E-state index in [1.54, 1.807) is 18.5 Å². The van der Waals surface area contributed by atoms with Gasteiger partial charge in [-0.1, -0.05) is 39.3 Å². The molecule has 0 aliphatic rings. The second-order valence-electron chi connectivity index (χ2n) is 5.33. The van der Waals surface area contributed by atoms with Crippen LogP contribution in [0.2, 0.25) is 5.02 Å². The van der Waals surface area contributed by atoms with Crippen molar-refractivity contribution in [2.24, 2.45) is 5.41 Å². The van der Waals surface area contributed by atoms with E-state index in [1.807, 2.05) is 0 Å². The first-order chi connectivity index (χ1) is 7.89. The molecular weight excluding hydrogens is 236 g/mol. The summed E-state index contributed by atoms with van der Waals surface area (Å²) < 4.78 is 5.70. The van der Waals surface area contributed by atoms with Gasteiger partial charge in [0.05, 0.1) is 17.8 Å². The van der Waals surface area contributed by atoms with Gasteiger partial charge in [-0.2, -0.15) is 0 Å². The summed E-state index contributed by atoms with van der Waals surface area (Å²) in [6.07, 6.45) is 3.28. The summed E-state index contributed by atoms with van der Waals surface area (Å²) in [5.74, 6) is 0.718. The zero-order valence-corrected chi connectivity index (χ0v) is 11.7. The summed E-state index contributed by atoms with van der Waals surface area (Å²) in [4.78, 5) is 3.99. The molecule has 1 heterocycles. The standard InChI is InChI=1S/C13H21ClN2O/c1-10(2)16-8-13(3,4)9-17-12-5-11(14)6-15-7-12/h5-7,10,16H,8-9H2,1-4H3. The van der Waals surface area contributed by atoms with Gasteiger partial charge in [-0.3, -0.25) is 4.98 Å². The van der Waals surface area contributed by atoms with Crippen LogP contribution in [0.3, 0.4) is 0 Å². The van der Waals surface area contributed by atoms with E-state index in [1.165, 1.54) is 0 Å². The van der Waals surface area contributed by atoms with E-state index in [0.29, 0.717) is 17.7 Å². The zero-order valence-electron chi connectivity index (χ0n) is 11.0. The topological polar surface area (TPSA) is 34.1 Å². The average molecular weight is 257 g/mol. The van der Waals surface area contributed by atoms with Gasteiger partial charge in [-0.25, -0.2) is 0 Å². The number of nitrogens with zero attached hydrogens (tertiary/aromatic N) is 1. The Morgan fingerprint density at radius 2 is 2.12 bits per heavy atom. The molecule has 1 aromatic heterocycles. The fourth-order valence-corrected chi connectivity index (χ4v) is 1.45. The number of hydrogen-bond acceptors (Lipinski definition) is 3. The third-order valence-corrected chi connectivity index (χ3v) is 2.50. The molecular formula is C13H21ClN2O. The van der Waals surface area contributed by atoms with Crippen molar-refractivity contribution in [1.82, 2.24) is 10.3 Å².